The van der Waals surface area contributed by atoms with Crippen LogP contribution in [0.25, 0.3) is 21.8 Å². The highest BCUT2D eigenvalue weighted by atomic mass is 35.5. The summed E-state index contributed by atoms with van der Waals surface area (Å²) in [5, 5.41) is 2.70. The van der Waals surface area contributed by atoms with Crippen molar-refractivity contribution in [2.45, 2.75) is 19.4 Å². The van der Waals surface area contributed by atoms with Crippen LogP contribution in [0, 0.1) is 0 Å². The topological polar surface area (TPSA) is 37.9 Å². The molecule has 1 N–H and O–H groups in total. The van der Waals surface area contributed by atoms with Gasteiger partial charge in [-0.1, -0.05) is 48.0 Å². The number of fused-ring (bicyclic) bond motifs is 2. The number of aromatic nitrogens is 2. The van der Waals surface area contributed by atoms with Crippen molar-refractivity contribution in [3.05, 3.63) is 71.5 Å². The van der Waals surface area contributed by atoms with Crippen LogP contribution in [0.1, 0.15) is 19.7 Å². The average molecular weight is 337 g/mol. The molecule has 0 fully saturated rings. The Bertz CT molecular complexity index is 1000. The molecule has 1 aromatic heterocycles. The second kappa shape index (κ2) is 5.53. The Kier molecular flexibility index (Phi) is 3.47. The SMILES string of the molecule is CC(C)(Oc1ccc(Cl)c2ccccc12)c1nc2ccccc2[nH]1. The number of halogens is 1. The molecule has 0 saturated carbocycles. The Hall–Kier alpha value is -2.52. The van der Waals surface area contributed by atoms with Crippen LogP contribution < -0.4 is 4.74 Å². The monoisotopic (exact) mass is 336 g/mol. The quantitative estimate of drug-likeness (QED) is 0.522. The van der Waals surface area contributed by atoms with Gasteiger partial charge in [0.25, 0.3) is 0 Å². The third kappa shape index (κ3) is 2.51. The van der Waals surface area contributed by atoms with Crippen molar-refractivity contribution in [2.24, 2.45) is 0 Å². The summed E-state index contributed by atoms with van der Waals surface area (Å²) in [4.78, 5) is 8.02. The number of imidazole rings is 1. The van der Waals surface area contributed by atoms with Crippen molar-refractivity contribution in [1.82, 2.24) is 9.97 Å². The number of benzene rings is 3. The Morgan fingerprint density at radius 2 is 1.62 bits per heavy atom. The average Bonchev–Trinajstić information content (AvgIpc) is 3.03. The van der Waals surface area contributed by atoms with Gasteiger partial charge in [0.15, 0.2) is 11.4 Å². The summed E-state index contributed by atoms with van der Waals surface area (Å²) >= 11 is 6.30. The number of aromatic amines is 1. The van der Waals surface area contributed by atoms with Crippen LogP contribution in [-0.4, -0.2) is 9.97 Å². The van der Waals surface area contributed by atoms with Crippen LogP contribution >= 0.6 is 11.6 Å². The predicted molar refractivity (Wildman–Crippen MR) is 98.7 cm³/mol. The third-order valence-corrected chi connectivity index (χ3v) is 4.49. The normalized spacial score (nSPS) is 12.0. The maximum atomic E-state index is 6.33. The molecular weight excluding hydrogens is 320 g/mol. The van der Waals surface area contributed by atoms with Gasteiger partial charge in [0.2, 0.25) is 0 Å². The molecule has 4 heteroatoms. The van der Waals surface area contributed by atoms with Gasteiger partial charge in [0.05, 0.1) is 11.0 Å². The summed E-state index contributed by atoms with van der Waals surface area (Å²) in [6, 6.07) is 19.7. The molecule has 0 saturated heterocycles. The first-order valence-electron chi connectivity index (χ1n) is 7.86. The van der Waals surface area contributed by atoms with Crippen molar-refractivity contribution in [3.8, 4) is 5.75 Å². The first kappa shape index (κ1) is 15.0. The molecule has 0 bridgehead atoms. The number of nitrogens with one attached hydrogen (secondary N) is 1. The number of para-hydroxylation sites is 2. The summed E-state index contributed by atoms with van der Waals surface area (Å²) in [6.07, 6.45) is 0. The van der Waals surface area contributed by atoms with Crippen molar-refractivity contribution in [1.29, 1.82) is 0 Å². The molecule has 0 amide bonds. The van der Waals surface area contributed by atoms with Crippen molar-refractivity contribution in [2.75, 3.05) is 0 Å². The molecule has 1 heterocycles. The third-order valence-electron chi connectivity index (χ3n) is 4.16. The highest BCUT2D eigenvalue weighted by Crippen LogP contribution is 2.35. The predicted octanol–water partition coefficient (Wildman–Crippen LogP) is 5.68. The number of hydrogen-bond acceptors (Lipinski definition) is 2. The highest BCUT2D eigenvalue weighted by Gasteiger charge is 2.27. The van der Waals surface area contributed by atoms with Crippen LogP contribution in [-0.2, 0) is 5.60 Å². The van der Waals surface area contributed by atoms with E-state index in [9.17, 15) is 0 Å². The maximum absolute atomic E-state index is 6.33. The summed E-state index contributed by atoms with van der Waals surface area (Å²) < 4.78 is 6.33. The van der Waals surface area contributed by atoms with E-state index in [0.717, 1.165) is 38.4 Å². The molecule has 0 atom stereocenters. The van der Waals surface area contributed by atoms with Gasteiger partial charge in [-0.25, -0.2) is 4.98 Å². The summed E-state index contributed by atoms with van der Waals surface area (Å²) in [5.74, 6) is 1.59. The molecule has 3 aromatic carbocycles. The fourth-order valence-electron chi connectivity index (χ4n) is 2.88. The van der Waals surface area contributed by atoms with E-state index in [4.69, 9.17) is 16.3 Å². The number of nitrogens with zero attached hydrogens (tertiary/aromatic N) is 1. The molecule has 4 aromatic rings. The van der Waals surface area contributed by atoms with Crippen molar-refractivity contribution < 1.29 is 4.74 Å². The van der Waals surface area contributed by atoms with E-state index in [2.05, 4.69) is 9.97 Å². The van der Waals surface area contributed by atoms with Gasteiger partial charge in [-0.2, -0.15) is 0 Å². The van der Waals surface area contributed by atoms with Crippen molar-refractivity contribution in [3.63, 3.8) is 0 Å². The van der Waals surface area contributed by atoms with Gasteiger partial charge in [-0.15, -0.1) is 0 Å². The van der Waals surface area contributed by atoms with E-state index in [1.54, 1.807) is 0 Å². The lowest BCUT2D eigenvalue weighted by Gasteiger charge is -2.25. The molecule has 120 valence electrons. The van der Waals surface area contributed by atoms with Crippen LogP contribution in [0.15, 0.2) is 60.7 Å². The fourth-order valence-corrected chi connectivity index (χ4v) is 3.11. The van der Waals surface area contributed by atoms with Gasteiger partial charge < -0.3 is 9.72 Å². The van der Waals surface area contributed by atoms with Crippen LogP contribution in [0.2, 0.25) is 5.02 Å². The molecule has 0 spiro atoms. The highest BCUT2D eigenvalue weighted by molar-refractivity contribution is 6.35. The zero-order valence-corrected chi connectivity index (χ0v) is 14.3. The standard InChI is InChI=1S/C20H17ClN2O/c1-20(2,19-22-16-9-5-6-10-17(16)23-19)24-18-12-11-15(21)13-7-3-4-8-14(13)18/h3-12H,1-2H3,(H,22,23). The van der Waals surface area contributed by atoms with E-state index in [1.807, 2.05) is 74.5 Å². The van der Waals surface area contributed by atoms with Gasteiger partial charge in [0.1, 0.15) is 5.75 Å². The number of hydrogen-bond donors (Lipinski definition) is 1. The molecule has 0 unspecified atom stereocenters. The summed E-state index contributed by atoms with van der Waals surface area (Å²) in [7, 11) is 0. The lowest BCUT2D eigenvalue weighted by molar-refractivity contribution is 0.102. The second-order valence-corrected chi connectivity index (χ2v) is 6.71. The first-order valence-corrected chi connectivity index (χ1v) is 8.24. The minimum Gasteiger partial charge on any atom is -0.479 e. The minimum atomic E-state index is -0.602. The van der Waals surface area contributed by atoms with Gasteiger partial charge in [0, 0.05) is 15.8 Å². The van der Waals surface area contributed by atoms with Crippen LogP contribution in [0.3, 0.4) is 0 Å². The second-order valence-electron chi connectivity index (χ2n) is 6.31. The lowest BCUT2D eigenvalue weighted by Crippen LogP contribution is -2.27. The zero-order chi connectivity index (χ0) is 16.7. The van der Waals surface area contributed by atoms with E-state index < -0.39 is 5.60 Å². The van der Waals surface area contributed by atoms with E-state index in [1.165, 1.54) is 0 Å². The molecule has 4 rings (SSSR count). The minimum absolute atomic E-state index is 0.602. The fraction of sp³-hybridized carbons (Fsp3) is 0.150. The molecule has 0 aliphatic carbocycles. The molecule has 0 aliphatic heterocycles. The Morgan fingerprint density at radius 3 is 2.42 bits per heavy atom. The zero-order valence-electron chi connectivity index (χ0n) is 13.5. The molecule has 0 aliphatic rings. The summed E-state index contributed by atoms with van der Waals surface area (Å²) in [5.41, 5.74) is 1.34. The van der Waals surface area contributed by atoms with Gasteiger partial charge >= 0.3 is 0 Å². The Morgan fingerprint density at radius 1 is 0.917 bits per heavy atom. The lowest BCUT2D eigenvalue weighted by atomic mass is 10.1. The first-order chi connectivity index (χ1) is 11.5. The van der Waals surface area contributed by atoms with Crippen molar-refractivity contribution >= 4 is 33.4 Å². The Balaban J connectivity index is 1.77. The smallest absolute Gasteiger partial charge is 0.161 e. The van der Waals surface area contributed by atoms with Gasteiger partial charge in [-0.3, -0.25) is 0 Å². The molecule has 0 radical (unpaired) electrons. The van der Waals surface area contributed by atoms with E-state index >= 15 is 0 Å². The van der Waals surface area contributed by atoms with E-state index in [-0.39, 0.29) is 0 Å². The number of ether oxygens (including phenoxy) is 1. The van der Waals surface area contributed by atoms with Crippen LogP contribution in [0.4, 0.5) is 0 Å². The van der Waals surface area contributed by atoms with Crippen LogP contribution in [0.5, 0.6) is 5.75 Å². The largest absolute Gasteiger partial charge is 0.479 e. The number of rotatable bonds is 3. The van der Waals surface area contributed by atoms with E-state index in [0.29, 0.717) is 0 Å². The number of H-pyrrole nitrogens is 1. The molecule has 3 nitrogen and oxygen atoms in total. The summed E-state index contributed by atoms with van der Waals surface area (Å²) in [6.45, 7) is 4.02. The molecular formula is C20H17ClN2O. The maximum Gasteiger partial charge on any atom is 0.161 e. The van der Waals surface area contributed by atoms with Gasteiger partial charge in [-0.05, 0) is 38.1 Å². The Labute approximate surface area is 145 Å². The molecule has 24 heavy (non-hydrogen) atoms.